The highest BCUT2D eigenvalue weighted by Crippen LogP contribution is 2.27. The van der Waals surface area contributed by atoms with Gasteiger partial charge in [-0.15, -0.1) is 0 Å². The molecule has 2 atom stereocenters. The van der Waals surface area contributed by atoms with Crippen LogP contribution in [0.2, 0.25) is 0 Å². The van der Waals surface area contributed by atoms with E-state index in [9.17, 15) is 10.2 Å². The van der Waals surface area contributed by atoms with Gasteiger partial charge in [-0.1, -0.05) is 80.1 Å². The van der Waals surface area contributed by atoms with E-state index in [0.29, 0.717) is 13.2 Å². The van der Waals surface area contributed by atoms with Gasteiger partial charge in [0.2, 0.25) is 0 Å². The summed E-state index contributed by atoms with van der Waals surface area (Å²) >= 11 is 0. The molecule has 0 aliphatic heterocycles. The van der Waals surface area contributed by atoms with Crippen LogP contribution in [-0.2, 0) is 0 Å². The highest BCUT2D eigenvalue weighted by molar-refractivity contribution is 4.69. The second kappa shape index (κ2) is 10.6. The topological polar surface area (TPSA) is 40.5 Å². The molecule has 134 valence electrons. The molecule has 2 N–H and O–H groups in total. The molecule has 0 aromatic rings. The molecular formula is C20H42O2. The normalized spacial score (nSPS) is 15.8. The number of hydrogen-bond acceptors (Lipinski definition) is 2. The lowest BCUT2D eigenvalue weighted by molar-refractivity contribution is 0.144. The molecule has 22 heavy (non-hydrogen) atoms. The third kappa shape index (κ3) is 11.5. The molecule has 2 nitrogen and oxygen atoms in total. The van der Waals surface area contributed by atoms with Crippen molar-refractivity contribution in [2.75, 3.05) is 13.2 Å². The van der Waals surface area contributed by atoms with Crippen molar-refractivity contribution in [3.8, 4) is 0 Å². The largest absolute Gasteiger partial charge is 0.396 e. The summed E-state index contributed by atoms with van der Waals surface area (Å²) in [6, 6.07) is 0. The average Bonchev–Trinajstić information content (AvgIpc) is 2.45. The van der Waals surface area contributed by atoms with Crippen LogP contribution in [0.15, 0.2) is 0 Å². The molecule has 0 radical (unpaired) electrons. The van der Waals surface area contributed by atoms with Crippen LogP contribution in [0, 0.1) is 22.7 Å². The first-order valence-corrected chi connectivity index (χ1v) is 9.33. The third-order valence-corrected chi connectivity index (χ3v) is 5.11. The van der Waals surface area contributed by atoms with Crippen molar-refractivity contribution in [2.24, 2.45) is 22.7 Å². The second-order valence-corrected chi connectivity index (χ2v) is 9.22. The van der Waals surface area contributed by atoms with Gasteiger partial charge in [-0.25, -0.2) is 0 Å². The van der Waals surface area contributed by atoms with E-state index in [1.54, 1.807) is 0 Å². The summed E-state index contributed by atoms with van der Waals surface area (Å²) < 4.78 is 0. The van der Waals surface area contributed by atoms with Crippen LogP contribution in [-0.4, -0.2) is 23.4 Å². The van der Waals surface area contributed by atoms with Crippen molar-refractivity contribution in [1.29, 1.82) is 0 Å². The molecule has 2 heteroatoms. The Morgan fingerprint density at radius 3 is 1.23 bits per heavy atom. The van der Waals surface area contributed by atoms with Gasteiger partial charge in [-0.05, 0) is 35.5 Å². The van der Waals surface area contributed by atoms with Gasteiger partial charge >= 0.3 is 0 Å². The van der Waals surface area contributed by atoms with Gasteiger partial charge in [0.25, 0.3) is 0 Å². The fourth-order valence-electron chi connectivity index (χ4n) is 2.87. The minimum absolute atomic E-state index is 0.0898. The van der Waals surface area contributed by atoms with E-state index in [1.807, 2.05) is 0 Å². The number of hydrogen-bond donors (Lipinski definition) is 2. The third-order valence-electron chi connectivity index (χ3n) is 5.11. The Morgan fingerprint density at radius 2 is 0.955 bits per heavy atom. The molecule has 0 fully saturated rings. The molecule has 2 unspecified atom stereocenters. The van der Waals surface area contributed by atoms with E-state index < -0.39 is 0 Å². The summed E-state index contributed by atoms with van der Waals surface area (Å²) in [4.78, 5) is 0. The van der Waals surface area contributed by atoms with Gasteiger partial charge < -0.3 is 10.2 Å². The van der Waals surface area contributed by atoms with Gasteiger partial charge in [-0.2, -0.15) is 0 Å². The van der Waals surface area contributed by atoms with Crippen molar-refractivity contribution in [2.45, 2.75) is 92.9 Å². The highest BCUT2D eigenvalue weighted by Gasteiger charge is 2.18. The molecule has 0 saturated carbocycles. The molecule has 0 aromatic heterocycles. The van der Waals surface area contributed by atoms with Gasteiger partial charge in [0.05, 0.1) is 0 Å². The van der Waals surface area contributed by atoms with Gasteiger partial charge in [0.15, 0.2) is 0 Å². The SMILES string of the molecule is CC(CCCC(C)(C)CO)CCC(C)CCCC(C)(C)CO. The summed E-state index contributed by atoms with van der Waals surface area (Å²) in [5.74, 6) is 1.59. The van der Waals surface area contributed by atoms with Crippen LogP contribution in [0.4, 0.5) is 0 Å². The van der Waals surface area contributed by atoms with E-state index in [2.05, 4.69) is 41.5 Å². The first-order valence-electron chi connectivity index (χ1n) is 9.33. The lowest BCUT2D eigenvalue weighted by Gasteiger charge is -2.23. The van der Waals surface area contributed by atoms with Crippen molar-refractivity contribution < 1.29 is 10.2 Å². The zero-order valence-corrected chi connectivity index (χ0v) is 16.1. The minimum Gasteiger partial charge on any atom is -0.396 e. The Bertz CT molecular complexity index is 243. The summed E-state index contributed by atoms with van der Waals surface area (Å²) in [6.45, 7) is 13.9. The lowest BCUT2D eigenvalue weighted by Crippen LogP contribution is -2.17. The first-order chi connectivity index (χ1) is 10.1. The van der Waals surface area contributed by atoms with Crippen molar-refractivity contribution >= 4 is 0 Å². The van der Waals surface area contributed by atoms with Crippen LogP contribution >= 0.6 is 0 Å². The van der Waals surface area contributed by atoms with E-state index in [-0.39, 0.29) is 10.8 Å². The average molecular weight is 315 g/mol. The van der Waals surface area contributed by atoms with E-state index in [4.69, 9.17) is 0 Å². The quantitative estimate of drug-likeness (QED) is 0.477. The molecule has 0 aliphatic rings. The maximum absolute atomic E-state index is 9.28. The van der Waals surface area contributed by atoms with Crippen LogP contribution in [0.3, 0.4) is 0 Å². The van der Waals surface area contributed by atoms with Crippen molar-refractivity contribution in [3.05, 3.63) is 0 Å². The number of aliphatic hydroxyl groups excluding tert-OH is 2. The Hall–Kier alpha value is -0.0800. The van der Waals surface area contributed by atoms with Crippen LogP contribution in [0.25, 0.3) is 0 Å². The molecule has 0 aliphatic carbocycles. The monoisotopic (exact) mass is 314 g/mol. The predicted octanol–water partition coefficient (Wildman–Crippen LogP) is 5.42. The standard InChI is InChI=1S/C20H42O2/c1-17(9-7-13-19(3,4)15-21)11-12-18(2)10-8-14-20(5,6)16-22/h17-18,21-22H,7-16H2,1-6H3. The zero-order valence-electron chi connectivity index (χ0n) is 16.1. The molecule has 0 saturated heterocycles. The van der Waals surface area contributed by atoms with Gasteiger partial charge in [-0.3, -0.25) is 0 Å². The number of aliphatic hydroxyl groups is 2. The molecular weight excluding hydrogens is 272 g/mol. The lowest BCUT2D eigenvalue weighted by atomic mass is 9.84. The van der Waals surface area contributed by atoms with E-state index >= 15 is 0 Å². The molecule has 0 amide bonds. The van der Waals surface area contributed by atoms with Crippen LogP contribution in [0.1, 0.15) is 92.9 Å². The summed E-state index contributed by atoms with van der Waals surface area (Å²) in [5.41, 5.74) is 0.180. The maximum atomic E-state index is 9.28. The Labute approximate surface area is 139 Å². The molecule has 0 heterocycles. The first kappa shape index (κ1) is 21.9. The van der Waals surface area contributed by atoms with Crippen LogP contribution in [0.5, 0.6) is 0 Å². The fraction of sp³-hybridized carbons (Fsp3) is 1.00. The van der Waals surface area contributed by atoms with Crippen molar-refractivity contribution in [1.82, 2.24) is 0 Å². The molecule has 0 rings (SSSR count). The predicted molar refractivity (Wildman–Crippen MR) is 97.0 cm³/mol. The Balaban J connectivity index is 3.71. The van der Waals surface area contributed by atoms with E-state index in [0.717, 1.165) is 24.7 Å². The summed E-state index contributed by atoms with van der Waals surface area (Å²) in [5, 5.41) is 18.6. The summed E-state index contributed by atoms with van der Waals surface area (Å²) in [6.07, 6.45) is 9.93. The Morgan fingerprint density at radius 1 is 0.636 bits per heavy atom. The van der Waals surface area contributed by atoms with Crippen LogP contribution < -0.4 is 0 Å². The maximum Gasteiger partial charge on any atom is 0.0482 e. The highest BCUT2D eigenvalue weighted by atomic mass is 16.3. The smallest absolute Gasteiger partial charge is 0.0482 e. The van der Waals surface area contributed by atoms with Gasteiger partial charge in [0.1, 0.15) is 0 Å². The second-order valence-electron chi connectivity index (χ2n) is 9.22. The molecule has 0 bridgehead atoms. The Kier molecular flexibility index (Phi) is 10.6. The number of rotatable bonds is 13. The minimum atomic E-state index is 0.0898. The zero-order chi connectivity index (χ0) is 17.2. The molecule has 0 spiro atoms. The summed E-state index contributed by atoms with van der Waals surface area (Å²) in [7, 11) is 0. The fourth-order valence-corrected chi connectivity index (χ4v) is 2.87. The van der Waals surface area contributed by atoms with E-state index in [1.165, 1.54) is 38.5 Å². The van der Waals surface area contributed by atoms with Gasteiger partial charge in [0, 0.05) is 13.2 Å². The van der Waals surface area contributed by atoms with Crippen molar-refractivity contribution in [3.63, 3.8) is 0 Å². The molecule has 0 aromatic carbocycles.